The molecule has 0 aliphatic heterocycles. The van der Waals surface area contributed by atoms with Crippen molar-refractivity contribution in [3.63, 3.8) is 0 Å². The minimum atomic E-state index is -1.62. The molecule has 0 saturated carbocycles. The summed E-state index contributed by atoms with van der Waals surface area (Å²) < 4.78 is 33.6. The molecule has 0 amide bonds. The fourth-order valence-electron chi connectivity index (χ4n) is 4.31. The van der Waals surface area contributed by atoms with Crippen molar-refractivity contribution in [1.82, 2.24) is 9.47 Å². The van der Waals surface area contributed by atoms with Gasteiger partial charge >= 0.3 is 12.1 Å². The SMILES string of the molecule is [2H]C([2H])(Cc1cn(C(=O)OCOC(=O)CCCCCCC/C=C\C/C=C\CCCCC)c2ccc(OC)cc12)N(C)C. The molecule has 222 valence electrons. The Morgan fingerprint density at radius 1 is 0.950 bits per heavy atom. The van der Waals surface area contributed by atoms with Gasteiger partial charge in [0, 0.05) is 27.2 Å². The number of likely N-dealkylation sites (N-methyl/N-ethyl adjacent to an activating group) is 1. The summed E-state index contributed by atoms with van der Waals surface area (Å²) >= 11 is 0. The van der Waals surface area contributed by atoms with E-state index in [-0.39, 0.29) is 12.8 Å². The third kappa shape index (κ3) is 12.9. The number of benzene rings is 1. The van der Waals surface area contributed by atoms with E-state index in [1.165, 1.54) is 35.2 Å². The first-order valence-corrected chi connectivity index (χ1v) is 14.7. The Balaban J connectivity index is 1.68. The number of ether oxygens (including phenoxy) is 3. The van der Waals surface area contributed by atoms with Crippen LogP contribution < -0.4 is 4.74 Å². The number of fused-ring (bicyclic) bond motifs is 1. The van der Waals surface area contributed by atoms with Crippen molar-refractivity contribution >= 4 is 23.0 Å². The van der Waals surface area contributed by atoms with Crippen LogP contribution >= 0.6 is 0 Å². The number of hydrogen-bond donors (Lipinski definition) is 0. The third-order valence-electron chi connectivity index (χ3n) is 6.61. The maximum absolute atomic E-state index is 12.8. The number of carbonyl (C=O) groups excluding carboxylic acids is 2. The number of aryl methyl sites for hydroxylation is 1. The fraction of sp³-hybridized carbons (Fsp3) is 0.576. The minimum absolute atomic E-state index is 0.0620. The standard InChI is InChI=1S/C33H50N2O5/c1-5-6-7-8-9-10-11-12-13-14-15-16-17-18-19-20-32(36)39-27-40-33(37)35-26-28(23-24-34(2)3)30-25-29(38-4)21-22-31(30)35/h9-10,12-13,21-22,25-26H,5-8,11,14-20,23-24,27H2,1-4H3/b10-9-,13-12-/i24D2. The van der Waals surface area contributed by atoms with Crippen LogP contribution in [-0.4, -0.2) is 56.0 Å². The fourth-order valence-corrected chi connectivity index (χ4v) is 4.31. The highest BCUT2D eigenvalue weighted by Gasteiger charge is 2.16. The molecule has 2 aromatic rings. The highest BCUT2D eigenvalue weighted by Crippen LogP contribution is 2.27. The molecule has 7 nitrogen and oxygen atoms in total. The van der Waals surface area contributed by atoms with Crippen LogP contribution in [0.2, 0.25) is 0 Å². The van der Waals surface area contributed by atoms with Gasteiger partial charge in [0.1, 0.15) is 5.75 Å². The molecule has 0 aliphatic carbocycles. The molecule has 0 radical (unpaired) electrons. The van der Waals surface area contributed by atoms with Crippen LogP contribution in [0, 0.1) is 0 Å². The van der Waals surface area contributed by atoms with E-state index in [2.05, 4.69) is 31.2 Å². The normalized spacial score (nSPS) is 12.8. The topological polar surface area (TPSA) is 70.0 Å². The maximum Gasteiger partial charge on any atom is 0.421 e. The summed E-state index contributed by atoms with van der Waals surface area (Å²) in [6.45, 7) is 0.133. The number of methoxy groups -OCH3 is 1. The molecule has 0 unspecified atom stereocenters. The number of aromatic nitrogens is 1. The Labute approximate surface area is 244 Å². The first-order valence-electron chi connectivity index (χ1n) is 15.7. The zero-order chi connectivity index (χ0) is 30.8. The highest BCUT2D eigenvalue weighted by molar-refractivity contribution is 5.92. The molecule has 1 aromatic heterocycles. The molecule has 0 saturated heterocycles. The number of esters is 1. The van der Waals surface area contributed by atoms with Crippen LogP contribution in [0.15, 0.2) is 48.7 Å². The van der Waals surface area contributed by atoms with E-state index in [1.54, 1.807) is 45.6 Å². The summed E-state index contributed by atoms with van der Waals surface area (Å²) in [5.41, 5.74) is 1.19. The van der Waals surface area contributed by atoms with Crippen LogP contribution in [0.5, 0.6) is 5.75 Å². The number of carbonyl (C=O) groups is 2. The lowest BCUT2D eigenvalue weighted by molar-refractivity contribution is -0.151. The van der Waals surface area contributed by atoms with E-state index < -0.39 is 25.4 Å². The summed E-state index contributed by atoms with van der Waals surface area (Å²) in [6, 6.07) is 5.22. The van der Waals surface area contributed by atoms with Gasteiger partial charge in [-0.15, -0.1) is 0 Å². The van der Waals surface area contributed by atoms with Gasteiger partial charge in [-0.3, -0.25) is 9.36 Å². The van der Waals surface area contributed by atoms with E-state index in [1.807, 2.05) is 0 Å². The van der Waals surface area contributed by atoms with E-state index in [0.29, 0.717) is 22.2 Å². The average molecular weight is 557 g/mol. The smallest absolute Gasteiger partial charge is 0.421 e. The van der Waals surface area contributed by atoms with Crippen LogP contribution in [-0.2, 0) is 20.7 Å². The third-order valence-corrected chi connectivity index (χ3v) is 6.61. The Kier molecular flexibility index (Phi) is 14.9. The Hall–Kier alpha value is -3.06. The van der Waals surface area contributed by atoms with Crippen molar-refractivity contribution in [2.45, 2.75) is 90.4 Å². The van der Waals surface area contributed by atoms with Gasteiger partial charge in [-0.05, 0) is 82.8 Å². The second-order valence-corrected chi connectivity index (χ2v) is 10.2. The number of rotatable bonds is 20. The Bertz CT molecular complexity index is 1160. The molecule has 0 atom stereocenters. The van der Waals surface area contributed by atoms with Gasteiger partial charge in [-0.1, -0.05) is 63.3 Å². The lowest BCUT2D eigenvalue weighted by Crippen LogP contribution is -2.17. The monoisotopic (exact) mass is 556 g/mol. The Morgan fingerprint density at radius 3 is 2.35 bits per heavy atom. The summed E-state index contributed by atoms with van der Waals surface area (Å²) in [6.07, 6.45) is 22.4. The van der Waals surface area contributed by atoms with Gasteiger partial charge in [-0.25, -0.2) is 4.79 Å². The van der Waals surface area contributed by atoms with Crippen molar-refractivity contribution in [2.75, 3.05) is 34.5 Å². The summed E-state index contributed by atoms with van der Waals surface area (Å²) in [7, 11) is 4.88. The second-order valence-electron chi connectivity index (χ2n) is 10.2. The zero-order valence-electron chi connectivity index (χ0n) is 27.0. The first kappa shape index (κ1) is 29.9. The molecule has 0 fully saturated rings. The van der Waals surface area contributed by atoms with E-state index in [0.717, 1.165) is 44.9 Å². The molecule has 0 bridgehead atoms. The van der Waals surface area contributed by atoms with Gasteiger partial charge < -0.3 is 19.1 Å². The molecule has 7 heteroatoms. The average Bonchev–Trinajstić information content (AvgIpc) is 3.31. The molecule has 1 aromatic carbocycles. The lowest BCUT2D eigenvalue weighted by atomic mass is 10.1. The van der Waals surface area contributed by atoms with Crippen molar-refractivity contribution < 1.29 is 26.5 Å². The van der Waals surface area contributed by atoms with E-state index in [4.69, 9.17) is 17.0 Å². The van der Waals surface area contributed by atoms with Crippen molar-refractivity contribution in [3.05, 3.63) is 54.3 Å². The number of allylic oxidation sites excluding steroid dienone is 4. The van der Waals surface area contributed by atoms with Crippen LogP contribution in [0.1, 0.15) is 92.3 Å². The van der Waals surface area contributed by atoms with Crippen LogP contribution in [0.25, 0.3) is 10.9 Å². The largest absolute Gasteiger partial charge is 0.497 e. The number of unbranched alkanes of at least 4 members (excludes halogenated alkanes) is 8. The number of hydrogen-bond acceptors (Lipinski definition) is 6. The lowest BCUT2D eigenvalue weighted by Gasteiger charge is -2.08. The predicted octanol–water partition coefficient (Wildman–Crippen LogP) is 8.05. The number of nitrogens with zero attached hydrogens (tertiary/aromatic N) is 2. The molecule has 2 rings (SSSR count). The van der Waals surface area contributed by atoms with Gasteiger partial charge in [0.15, 0.2) is 0 Å². The molecule has 0 spiro atoms. The summed E-state index contributed by atoms with van der Waals surface area (Å²) in [4.78, 5) is 26.4. The van der Waals surface area contributed by atoms with Crippen molar-refractivity contribution in [3.8, 4) is 5.75 Å². The summed E-state index contributed by atoms with van der Waals surface area (Å²) in [5.74, 6) is 0.206. The Morgan fingerprint density at radius 2 is 1.65 bits per heavy atom. The molecular weight excluding hydrogens is 504 g/mol. The predicted molar refractivity (Wildman–Crippen MR) is 163 cm³/mol. The second kappa shape index (κ2) is 19.9. The van der Waals surface area contributed by atoms with Gasteiger partial charge in [0.25, 0.3) is 0 Å². The summed E-state index contributed by atoms with van der Waals surface area (Å²) in [5, 5.41) is 0.690. The molecule has 0 N–H and O–H groups in total. The molecule has 1 heterocycles. The zero-order valence-corrected chi connectivity index (χ0v) is 25.0. The van der Waals surface area contributed by atoms with Gasteiger partial charge in [0.05, 0.1) is 12.6 Å². The van der Waals surface area contributed by atoms with Crippen molar-refractivity contribution in [1.29, 1.82) is 0 Å². The van der Waals surface area contributed by atoms with Crippen LogP contribution in [0.4, 0.5) is 4.79 Å². The molecule has 40 heavy (non-hydrogen) atoms. The first-order chi connectivity index (χ1) is 20.2. The van der Waals surface area contributed by atoms with Crippen LogP contribution in [0.3, 0.4) is 0 Å². The highest BCUT2D eigenvalue weighted by atomic mass is 16.7. The minimum Gasteiger partial charge on any atom is -0.497 e. The van der Waals surface area contributed by atoms with Gasteiger partial charge in [-0.2, -0.15) is 0 Å². The quantitative estimate of drug-likeness (QED) is 0.0711. The molecular formula is C33H50N2O5. The van der Waals surface area contributed by atoms with E-state index in [9.17, 15) is 9.59 Å². The van der Waals surface area contributed by atoms with Crippen molar-refractivity contribution in [2.24, 2.45) is 0 Å². The van der Waals surface area contributed by atoms with Gasteiger partial charge in [0.2, 0.25) is 6.79 Å². The molecule has 0 aliphatic rings. The maximum atomic E-state index is 12.8. The van der Waals surface area contributed by atoms with E-state index >= 15 is 0 Å².